The van der Waals surface area contributed by atoms with Gasteiger partial charge in [-0.3, -0.25) is 9.88 Å². The normalized spacial score (nSPS) is 32.6. The maximum absolute atomic E-state index is 4.31. The molecule has 3 fully saturated rings. The predicted molar refractivity (Wildman–Crippen MR) is 85.0 cm³/mol. The Hall–Kier alpha value is -0.930. The highest BCUT2D eigenvalue weighted by Crippen LogP contribution is 2.47. The first kappa shape index (κ1) is 13.7. The van der Waals surface area contributed by atoms with Crippen molar-refractivity contribution in [2.24, 2.45) is 5.92 Å². The summed E-state index contributed by atoms with van der Waals surface area (Å²) >= 11 is 0. The molecule has 3 heteroatoms. The molecule has 0 bridgehead atoms. The summed E-state index contributed by atoms with van der Waals surface area (Å²) in [6.07, 6.45) is 12.2. The molecule has 1 aromatic heterocycles. The van der Waals surface area contributed by atoms with Crippen molar-refractivity contribution in [3.05, 3.63) is 30.1 Å². The minimum Gasteiger partial charge on any atom is -0.308 e. The Bertz CT molecular complexity index is 490. The van der Waals surface area contributed by atoms with Crippen molar-refractivity contribution in [3.8, 4) is 0 Å². The number of nitrogens with one attached hydrogen (secondary N) is 1. The fraction of sp³-hybridized carbons (Fsp3) is 0.722. The molecule has 3 nitrogen and oxygen atoms in total. The average molecular weight is 285 g/mol. The summed E-state index contributed by atoms with van der Waals surface area (Å²) < 4.78 is 0. The van der Waals surface area contributed by atoms with Crippen LogP contribution < -0.4 is 5.32 Å². The molecule has 2 heterocycles. The molecule has 1 saturated heterocycles. The lowest BCUT2D eigenvalue weighted by molar-refractivity contribution is -0.00387. The number of hydrogen-bond donors (Lipinski definition) is 1. The van der Waals surface area contributed by atoms with E-state index in [1.54, 1.807) is 0 Å². The third-order valence-corrected chi connectivity index (χ3v) is 6.15. The van der Waals surface area contributed by atoms with Gasteiger partial charge >= 0.3 is 0 Å². The van der Waals surface area contributed by atoms with Crippen molar-refractivity contribution < 1.29 is 0 Å². The summed E-state index contributed by atoms with van der Waals surface area (Å²) in [6, 6.07) is 4.29. The molecule has 0 amide bonds. The zero-order valence-corrected chi connectivity index (χ0v) is 13.1. The zero-order chi connectivity index (χ0) is 14.3. The zero-order valence-electron chi connectivity index (χ0n) is 13.1. The van der Waals surface area contributed by atoms with E-state index >= 15 is 0 Å². The topological polar surface area (TPSA) is 28.2 Å². The highest BCUT2D eigenvalue weighted by atomic mass is 15.3. The van der Waals surface area contributed by atoms with Gasteiger partial charge in [0.05, 0.1) is 0 Å². The fourth-order valence-corrected chi connectivity index (χ4v) is 4.52. The molecule has 0 aromatic carbocycles. The van der Waals surface area contributed by atoms with Crippen molar-refractivity contribution in [1.82, 2.24) is 15.2 Å². The quantitative estimate of drug-likeness (QED) is 0.925. The molecule has 21 heavy (non-hydrogen) atoms. The van der Waals surface area contributed by atoms with E-state index in [0.29, 0.717) is 11.1 Å². The number of pyridine rings is 1. The van der Waals surface area contributed by atoms with E-state index in [4.69, 9.17) is 0 Å². The van der Waals surface area contributed by atoms with E-state index in [0.717, 1.165) is 19.0 Å². The van der Waals surface area contributed by atoms with Gasteiger partial charge in [-0.15, -0.1) is 0 Å². The van der Waals surface area contributed by atoms with Crippen LogP contribution in [0, 0.1) is 5.92 Å². The van der Waals surface area contributed by atoms with Crippen molar-refractivity contribution in [2.75, 3.05) is 13.1 Å². The molecular weight excluding hydrogens is 258 g/mol. The number of piperazine rings is 1. The van der Waals surface area contributed by atoms with E-state index in [9.17, 15) is 0 Å². The summed E-state index contributed by atoms with van der Waals surface area (Å²) in [4.78, 5) is 7.09. The lowest BCUT2D eigenvalue weighted by atomic mass is 9.83. The second-order valence-corrected chi connectivity index (χ2v) is 7.69. The molecule has 0 radical (unpaired) electrons. The first-order valence-electron chi connectivity index (χ1n) is 8.59. The first-order valence-corrected chi connectivity index (χ1v) is 8.59. The minimum absolute atomic E-state index is 0.337. The number of hydrogen-bond acceptors (Lipinski definition) is 3. The molecule has 1 spiro atoms. The van der Waals surface area contributed by atoms with Crippen LogP contribution in [0.4, 0.5) is 0 Å². The maximum Gasteiger partial charge on any atom is 0.0338 e. The van der Waals surface area contributed by atoms with E-state index in [1.165, 1.54) is 50.6 Å². The SMILES string of the molecule is CC1(C2CC2)CNC2(CCCC2)CN1Cc1cccnc1. The lowest BCUT2D eigenvalue weighted by Gasteiger charge is -2.53. The molecular formula is C18H27N3. The van der Waals surface area contributed by atoms with Gasteiger partial charge < -0.3 is 5.32 Å². The second-order valence-electron chi connectivity index (χ2n) is 7.69. The Morgan fingerprint density at radius 1 is 1.33 bits per heavy atom. The maximum atomic E-state index is 4.31. The molecule has 2 saturated carbocycles. The van der Waals surface area contributed by atoms with Crippen LogP contribution in [0.15, 0.2) is 24.5 Å². The summed E-state index contributed by atoms with van der Waals surface area (Å²) in [5, 5.41) is 3.96. The van der Waals surface area contributed by atoms with Gasteiger partial charge in [0.2, 0.25) is 0 Å². The number of rotatable bonds is 3. The predicted octanol–water partition coefficient (Wildman–Crippen LogP) is 2.97. The summed E-state index contributed by atoms with van der Waals surface area (Å²) in [7, 11) is 0. The van der Waals surface area contributed by atoms with Gasteiger partial charge in [0.15, 0.2) is 0 Å². The number of aromatic nitrogens is 1. The van der Waals surface area contributed by atoms with Crippen LogP contribution in [0.2, 0.25) is 0 Å². The fourth-order valence-electron chi connectivity index (χ4n) is 4.52. The Morgan fingerprint density at radius 2 is 2.14 bits per heavy atom. The molecule has 1 aliphatic heterocycles. The Kier molecular flexibility index (Phi) is 3.31. The largest absolute Gasteiger partial charge is 0.308 e. The van der Waals surface area contributed by atoms with E-state index in [1.807, 2.05) is 12.4 Å². The molecule has 1 atom stereocenters. The minimum atomic E-state index is 0.337. The molecule has 1 aromatic rings. The van der Waals surface area contributed by atoms with Gasteiger partial charge in [-0.1, -0.05) is 18.9 Å². The molecule has 4 rings (SSSR count). The number of nitrogens with zero attached hydrogens (tertiary/aromatic N) is 2. The molecule has 1 N–H and O–H groups in total. The smallest absolute Gasteiger partial charge is 0.0338 e. The Labute approximate surface area is 128 Å². The molecule has 114 valence electrons. The van der Waals surface area contributed by atoms with Gasteiger partial charge in [0.25, 0.3) is 0 Å². The van der Waals surface area contributed by atoms with Crippen LogP contribution in [-0.2, 0) is 6.54 Å². The van der Waals surface area contributed by atoms with Gasteiger partial charge in [0, 0.05) is 43.1 Å². The first-order chi connectivity index (χ1) is 10.2. The van der Waals surface area contributed by atoms with E-state index in [-0.39, 0.29) is 0 Å². The summed E-state index contributed by atoms with van der Waals surface area (Å²) in [6.45, 7) is 5.92. The van der Waals surface area contributed by atoms with Crippen molar-refractivity contribution >= 4 is 0 Å². The van der Waals surface area contributed by atoms with Gasteiger partial charge in [-0.25, -0.2) is 0 Å². The highest BCUT2D eigenvalue weighted by molar-refractivity contribution is 5.14. The van der Waals surface area contributed by atoms with Crippen LogP contribution in [0.1, 0.15) is 51.0 Å². The monoisotopic (exact) mass is 285 g/mol. The summed E-state index contributed by atoms with van der Waals surface area (Å²) in [5.41, 5.74) is 2.10. The van der Waals surface area contributed by atoms with Crippen molar-refractivity contribution in [3.63, 3.8) is 0 Å². The summed E-state index contributed by atoms with van der Waals surface area (Å²) in [5.74, 6) is 0.889. The van der Waals surface area contributed by atoms with Crippen LogP contribution in [0.5, 0.6) is 0 Å². The van der Waals surface area contributed by atoms with Crippen LogP contribution >= 0.6 is 0 Å². The van der Waals surface area contributed by atoms with Crippen LogP contribution in [0.25, 0.3) is 0 Å². The Balaban J connectivity index is 1.58. The molecule has 2 aliphatic carbocycles. The van der Waals surface area contributed by atoms with Gasteiger partial charge in [-0.05, 0) is 50.2 Å². The standard InChI is InChI=1S/C18H27N3/c1-17(16-6-7-16)13-20-18(8-2-3-9-18)14-21(17)12-15-5-4-10-19-11-15/h4-5,10-11,16,20H,2-3,6-9,12-14H2,1H3. The van der Waals surface area contributed by atoms with Crippen molar-refractivity contribution in [1.29, 1.82) is 0 Å². The van der Waals surface area contributed by atoms with Gasteiger partial charge in [-0.2, -0.15) is 0 Å². The lowest BCUT2D eigenvalue weighted by Crippen LogP contribution is -2.68. The molecule has 1 unspecified atom stereocenters. The molecule has 3 aliphatic rings. The third kappa shape index (κ3) is 2.51. The van der Waals surface area contributed by atoms with Crippen LogP contribution in [0.3, 0.4) is 0 Å². The Morgan fingerprint density at radius 3 is 2.81 bits per heavy atom. The van der Waals surface area contributed by atoms with E-state index in [2.05, 4.69) is 34.3 Å². The second kappa shape index (κ2) is 5.06. The van der Waals surface area contributed by atoms with E-state index < -0.39 is 0 Å². The van der Waals surface area contributed by atoms with Crippen LogP contribution in [-0.4, -0.2) is 34.1 Å². The third-order valence-electron chi connectivity index (χ3n) is 6.15. The average Bonchev–Trinajstić information content (AvgIpc) is 3.27. The highest BCUT2D eigenvalue weighted by Gasteiger charge is 2.52. The van der Waals surface area contributed by atoms with Crippen molar-refractivity contribution in [2.45, 2.75) is 63.1 Å². The van der Waals surface area contributed by atoms with Gasteiger partial charge in [0.1, 0.15) is 0 Å².